The summed E-state index contributed by atoms with van der Waals surface area (Å²) < 4.78 is 4.42. The Morgan fingerprint density at radius 2 is 2.00 bits per heavy atom. The second-order valence-electron chi connectivity index (χ2n) is 5.68. The van der Waals surface area contributed by atoms with Crippen molar-refractivity contribution in [3.63, 3.8) is 0 Å². The van der Waals surface area contributed by atoms with E-state index in [0.717, 1.165) is 24.0 Å². The van der Waals surface area contributed by atoms with Crippen molar-refractivity contribution in [2.24, 2.45) is 0 Å². The SMILES string of the molecule is CC(C)NCCN(C)c1nc(C(C)(C)C)ns1. The zero-order valence-corrected chi connectivity index (χ0v) is 12.6. The van der Waals surface area contributed by atoms with Crippen molar-refractivity contribution in [3.05, 3.63) is 5.82 Å². The van der Waals surface area contributed by atoms with Crippen molar-refractivity contribution < 1.29 is 0 Å². The predicted octanol–water partition coefficient (Wildman–Crippen LogP) is 2.27. The van der Waals surface area contributed by atoms with E-state index in [0.29, 0.717) is 6.04 Å². The zero-order chi connectivity index (χ0) is 13.1. The van der Waals surface area contributed by atoms with Gasteiger partial charge in [-0.1, -0.05) is 34.6 Å². The predicted molar refractivity (Wildman–Crippen MR) is 75.0 cm³/mol. The van der Waals surface area contributed by atoms with Gasteiger partial charge < -0.3 is 10.2 Å². The van der Waals surface area contributed by atoms with Crippen molar-refractivity contribution in [1.82, 2.24) is 14.7 Å². The lowest BCUT2D eigenvalue weighted by molar-refractivity contribution is 0.553. The Labute approximate surface area is 109 Å². The highest BCUT2D eigenvalue weighted by atomic mass is 32.1. The topological polar surface area (TPSA) is 41.0 Å². The number of hydrogen-bond donors (Lipinski definition) is 1. The van der Waals surface area contributed by atoms with Gasteiger partial charge in [0.2, 0.25) is 5.13 Å². The maximum atomic E-state index is 4.58. The summed E-state index contributed by atoms with van der Waals surface area (Å²) in [6.45, 7) is 12.7. The molecule has 1 heterocycles. The fraction of sp³-hybridized carbons (Fsp3) is 0.833. The molecule has 0 aliphatic rings. The average Bonchev–Trinajstić information content (AvgIpc) is 2.64. The molecule has 1 aromatic heterocycles. The van der Waals surface area contributed by atoms with Crippen molar-refractivity contribution in [3.8, 4) is 0 Å². The van der Waals surface area contributed by atoms with Gasteiger partial charge in [-0.15, -0.1) is 0 Å². The minimum absolute atomic E-state index is 0.0335. The van der Waals surface area contributed by atoms with Crippen LogP contribution in [0.1, 0.15) is 40.4 Å². The van der Waals surface area contributed by atoms with Crippen molar-refractivity contribution >= 4 is 16.7 Å². The average molecular weight is 256 g/mol. The Kier molecular flexibility index (Phi) is 4.89. The number of hydrogen-bond acceptors (Lipinski definition) is 5. The molecular weight excluding hydrogens is 232 g/mol. The van der Waals surface area contributed by atoms with E-state index in [2.05, 4.69) is 61.2 Å². The molecule has 0 atom stereocenters. The standard InChI is InChI=1S/C12H24N4S/c1-9(2)13-7-8-16(6)11-14-10(15-17-11)12(3,4)5/h9,13H,7-8H2,1-6H3. The number of anilines is 1. The first-order valence-electron chi connectivity index (χ1n) is 6.09. The Bertz CT molecular complexity index is 341. The van der Waals surface area contributed by atoms with E-state index in [4.69, 9.17) is 0 Å². The van der Waals surface area contributed by atoms with E-state index in [1.807, 2.05) is 0 Å². The third-order valence-electron chi connectivity index (χ3n) is 2.41. The quantitative estimate of drug-likeness (QED) is 0.877. The molecule has 0 saturated heterocycles. The van der Waals surface area contributed by atoms with Gasteiger partial charge >= 0.3 is 0 Å². The van der Waals surface area contributed by atoms with E-state index in [1.54, 1.807) is 0 Å². The highest BCUT2D eigenvalue weighted by molar-refractivity contribution is 7.09. The molecule has 0 bridgehead atoms. The molecule has 1 N–H and O–H groups in total. The van der Waals surface area contributed by atoms with Crippen molar-refractivity contribution in [1.29, 1.82) is 0 Å². The van der Waals surface area contributed by atoms with E-state index < -0.39 is 0 Å². The smallest absolute Gasteiger partial charge is 0.205 e. The van der Waals surface area contributed by atoms with Crippen LogP contribution in [0.4, 0.5) is 5.13 Å². The van der Waals surface area contributed by atoms with Crippen LogP contribution in [0.25, 0.3) is 0 Å². The third kappa shape index (κ3) is 4.60. The number of nitrogens with one attached hydrogen (secondary N) is 1. The molecule has 0 aromatic carbocycles. The van der Waals surface area contributed by atoms with E-state index >= 15 is 0 Å². The van der Waals surface area contributed by atoms with Crippen LogP contribution in [0.2, 0.25) is 0 Å². The molecule has 5 heteroatoms. The lowest BCUT2D eigenvalue weighted by atomic mass is 9.96. The lowest BCUT2D eigenvalue weighted by Gasteiger charge is -2.17. The molecule has 0 saturated carbocycles. The summed E-state index contributed by atoms with van der Waals surface area (Å²) in [6.07, 6.45) is 0. The number of likely N-dealkylation sites (N-methyl/N-ethyl adjacent to an activating group) is 1. The van der Waals surface area contributed by atoms with Crippen LogP contribution in [0.5, 0.6) is 0 Å². The largest absolute Gasteiger partial charge is 0.349 e. The van der Waals surface area contributed by atoms with Crippen LogP contribution in [0.15, 0.2) is 0 Å². The minimum Gasteiger partial charge on any atom is -0.349 e. The van der Waals surface area contributed by atoms with Crippen LogP contribution in [-0.4, -0.2) is 35.5 Å². The molecule has 0 unspecified atom stereocenters. The van der Waals surface area contributed by atoms with E-state index in [9.17, 15) is 0 Å². The summed E-state index contributed by atoms with van der Waals surface area (Å²) >= 11 is 1.48. The minimum atomic E-state index is 0.0335. The van der Waals surface area contributed by atoms with E-state index in [-0.39, 0.29) is 5.41 Å². The summed E-state index contributed by atoms with van der Waals surface area (Å²) in [5.74, 6) is 0.932. The second kappa shape index (κ2) is 5.78. The Balaban J connectivity index is 2.52. The van der Waals surface area contributed by atoms with Gasteiger partial charge in [0, 0.05) is 43.1 Å². The molecule has 0 aliphatic carbocycles. The van der Waals surface area contributed by atoms with Crippen LogP contribution in [0.3, 0.4) is 0 Å². The van der Waals surface area contributed by atoms with Gasteiger partial charge in [0.05, 0.1) is 0 Å². The molecule has 0 radical (unpaired) electrons. The van der Waals surface area contributed by atoms with Gasteiger partial charge in [0.15, 0.2) is 0 Å². The second-order valence-corrected chi connectivity index (χ2v) is 6.41. The fourth-order valence-electron chi connectivity index (χ4n) is 1.29. The molecule has 1 aromatic rings. The fourth-order valence-corrected chi connectivity index (χ4v) is 2.13. The Morgan fingerprint density at radius 3 is 2.47 bits per heavy atom. The summed E-state index contributed by atoms with van der Waals surface area (Å²) in [7, 11) is 2.06. The normalized spacial score (nSPS) is 12.2. The first-order chi connectivity index (χ1) is 7.80. The molecule has 17 heavy (non-hydrogen) atoms. The summed E-state index contributed by atoms with van der Waals surface area (Å²) in [6, 6.07) is 0.531. The molecule has 4 nitrogen and oxygen atoms in total. The first kappa shape index (κ1) is 14.4. The van der Waals surface area contributed by atoms with Gasteiger partial charge in [0.25, 0.3) is 0 Å². The Morgan fingerprint density at radius 1 is 1.35 bits per heavy atom. The maximum Gasteiger partial charge on any atom is 0.205 e. The highest BCUT2D eigenvalue weighted by Crippen LogP contribution is 2.24. The van der Waals surface area contributed by atoms with Crippen LogP contribution < -0.4 is 10.2 Å². The Hall–Kier alpha value is -0.680. The number of aromatic nitrogens is 2. The van der Waals surface area contributed by atoms with Crippen LogP contribution >= 0.6 is 11.5 Å². The van der Waals surface area contributed by atoms with Crippen molar-refractivity contribution in [2.75, 3.05) is 25.0 Å². The first-order valence-corrected chi connectivity index (χ1v) is 6.86. The molecule has 0 spiro atoms. The number of nitrogens with zero attached hydrogens (tertiary/aromatic N) is 3. The van der Waals surface area contributed by atoms with Gasteiger partial charge in [0.1, 0.15) is 5.82 Å². The van der Waals surface area contributed by atoms with Gasteiger partial charge in [-0.2, -0.15) is 4.37 Å². The monoisotopic (exact) mass is 256 g/mol. The number of rotatable bonds is 5. The molecule has 0 amide bonds. The molecule has 0 aliphatic heterocycles. The van der Waals surface area contributed by atoms with Gasteiger partial charge in [-0.3, -0.25) is 0 Å². The van der Waals surface area contributed by atoms with Crippen LogP contribution in [-0.2, 0) is 5.41 Å². The summed E-state index contributed by atoms with van der Waals surface area (Å²) in [4.78, 5) is 6.74. The summed E-state index contributed by atoms with van der Waals surface area (Å²) in [5.41, 5.74) is 0.0335. The molecule has 1 rings (SSSR count). The highest BCUT2D eigenvalue weighted by Gasteiger charge is 2.20. The maximum absolute atomic E-state index is 4.58. The van der Waals surface area contributed by atoms with Gasteiger partial charge in [-0.25, -0.2) is 4.98 Å². The van der Waals surface area contributed by atoms with Gasteiger partial charge in [-0.05, 0) is 0 Å². The third-order valence-corrected chi connectivity index (χ3v) is 3.24. The molecular formula is C12H24N4S. The van der Waals surface area contributed by atoms with E-state index in [1.165, 1.54) is 11.5 Å². The van der Waals surface area contributed by atoms with Crippen LogP contribution in [0, 0.1) is 0 Å². The molecule has 98 valence electrons. The zero-order valence-electron chi connectivity index (χ0n) is 11.7. The molecule has 0 fully saturated rings. The lowest BCUT2D eigenvalue weighted by Crippen LogP contribution is -2.32. The van der Waals surface area contributed by atoms with Crippen molar-refractivity contribution in [2.45, 2.75) is 46.1 Å². The summed E-state index contributed by atoms with van der Waals surface area (Å²) in [5, 5.41) is 4.40.